The third-order valence-corrected chi connectivity index (χ3v) is 5.71. The highest BCUT2D eigenvalue weighted by Crippen LogP contribution is 2.38. The van der Waals surface area contributed by atoms with E-state index in [1.165, 1.54) is 0 Å². The average Bonchev–Trinajstić information content (AvgIpc) is 3.60. The van der Waals surface area contributed by atoms with Crippen LogP contribution in [0.4, 0.5) is 10.5 Å². The largest absolute Gasteiger partial charge is 0.454 e. The van der Waals surface area contributed by atoms with E-state index >= 15 is 0 Å². The van der Waals surface area contributed by atoms with Crippen LogP contribution in [0.15, 0.2) is 48.5 Å². The predicted molar refractivity (Wildman–Crippen MR) is 111 cm³/mol. The predicted octanol–water partition coefficient (Wildman–Crippen LogP) is 1.72. The molecule has 3 aliphatic heterocycles. The van der Waals surface area contributed by atoms with Crippen molar-refractivity contribution in [2.24, 2.45) is 0 Å². The SMILES string of the molecule is O=C(Nc1ccccc1)NC1COC2C1OCC2n1nnnc1Oc1ccc2c(c1)OCO2. The lowest BCUT2D eigenvalue weighted by molar-refractivity contribution is 0.0613. The normalized spacial score (nSPS) is 25.0. The van der Waals surface area contributed by atoms with Gasteiger partial charge in [0.15, 0.2) is 11.5 Å². The Bertz CT molecular complexity index is 1160. The van der Waals surface area contributed by atoms with E-state index in [4.69, 9.17) is 23.7 Å². The molecular formula is C21H20N6O6. The van der Waals surface area contributed by atoms with Crippen molar-refractivity contribution in [2.45, 2.75) is 24.3 Å². The molecule has 0 bridgehead atoms. The number of carbonyl (C=O) groups excluding carboxylic acids is 1. The summed E-state index contributed by atoms with van der Waals surface area (Å²) in [6, 6.07) is 13.7. The molecule has 6 rings (SSSR count). The Morgan fingerprint density at radius 1 is 1.03 bits per heavy atom. The lowest BCUT2D eigenvalue weighted by Crippen LogP contribution is -2.45. The molecule has 33 heavy (non-hydrogen) atoms. The highest BCUT2D eigenvalue weighted by atomic mass is 16.7. The topological polar surface area (TPSA) is 131 Å². The summed E-state index contributed by atoms with van der Waals surface area (Å²) in [7, 11) is 0. The maximum Gasteiger partial charge on any atom is 0.341 e. The number of nitrogens with one attached hydrogen (secondary N) is 2. The van der Waals surface area contributed by atoms with Gasteiger partial charge in [-0.05, 0) is 34.7 Å². The van der Waals surface area contributed by atoms with Gasteiger partial charge in [0, 0.05) is 11.8 Å². The maximum atomic E-state index is 12.4. The summed E-state index contributed by atoms with van der Waals surface area (Å²) in [4.78, 5) is 12.4. The van der Waals surface area contributed by atoms with E-state index in [0.29, 0.717) is 36.1 Å². The minimum atomic E-state index is -0.338. The van der Waals surface area contributed by atoms with Crippen molar-refractivity contribution in [1.82, 2.24) is 25.5 Å². The third kappa shape index (κ3) is 3.79. The van der Waals surface area contributed by atoms with Crippen LogP contribution in [0.25, 0.3) is 0 Å². The molecule has 2 N–H and O–H groups in total. The Labute approximate surface area is 187 Å². The van der Waals surface area contributed by atoms with Crippen molar-refractivity contribution in [1.29, 1.82) is 0 Å². The van der Waals surface area contributed by atoms with Crippen molar-refractivity contribution in [3.8, 4) is 23.3 Å². The van der Waals surface area contributed by atoms with E-state index in [9.17, 15) is 4.79 Å². The fraction of sp³-hybridized carbons (Fsp3) is 0.333. The van der Waals surface area contributed by atoms with Crippen molar-refractivity contribution in [3.63, 3.8) is 0 Å². The number of urea groups is 1. The summed E-state index contributed by atoms with van der Waals surface area (Å²) < 4.78 is 30.1. The molecule has 3 aromatic rings. The van der Waals surface area contributed by atoms with Gasteiger partial charge in [0.25, 0.3) is 0 Å². The average molecular weight is 452 g/mol. The van der Waals surface area contributed by atoms with E-state index in [-0.39, 0.29) is 43.1 Å². The molecule has 3 aliphatic rings. The summed E-state index contributed by atoms with van der Waals surface area (Å²) >= 11 is 0. The van der Waals surface area contributed by atoms with Gasteiger partial charge in [-0.15, -0.1) is 0 Å². The highest BCUT2D eigenvalue weighted by molar-refractivity contribution is 5.89. The molecule has 4 atom stereocenters. The van der Waals surface area contributed by atoms with Gasteiger partial charge in [-0.25, -0.2) is 4.79 Å². The zero-order valence-electron chi connectivity index (χ0n) is 17.3. The van der Waals surface area contributed by atoms with Gasteiger partial charge in [-0.1, -0.05) is 23.3 Å². The van der Waals surface area contributed by atoms with Gasteiger partial charge < -0.3 is 34.3 Å². The fourth-order valence-electron chi connectivity index (χ4n) is 4.18. The number of amides is 2. The van der Waals surface area contributed by atoms with Crippen LogP contribution >= 0.6 is 0 Å². The minimum absolute atomic E-state index is 0.176. The standard InChI is InChI=1S/C21H20N6O6/c28-20(22-12-4-2-1-3-5-12)23-14-9-29-19-15(10-30-18(14)19)27-21(24-25-26-27)33-13-6-7-16-17(8-13)32-11-31-16/h1-8,14-15,18-19H,9-11H2,(H2,22,23,28). The number of tetrazole rings is 1. The molecule has 0 aliphatic carbocycles. The van der Waals surface area contributed by atoms with Crippen molar-refractivity contribution >= 4 is 11.7 Å². The number of ether oxygens (including phenoxy) is 5. The van der Waals surface area contributed by atoms with Gasteiger partial charge in [0.1, 0.15) is 24.0 Å². The molecule has 2 saturated heterocycles. The van der Waals surface area contributed by atoms with Crippen LogP contribution in [0.1, 0.15) is 6.04 Å². The number of para-hydroxylation sites is 1. The first kappa shape index (κ1) is 19.8. The summed E-state index contributed by atoms with van der Waals surface area (Å²) in [5.74, 6) is 1.76. The molecule has 170 valence electrons. The third-order valence-electron chi connectivity index (χ3n) is 5.71. The first-order valence-corrected chi connectivity index (χ1v) is 10.5. The number of rotatable bonds is 5. The van der Waals surface area contributed by atoms with Gasteiger partial charge in [-0.2, -0.15) is 4.68 Å². The number of carbonyl (C=O) groups is 1. The molecule has 1 aromatic heterocycles. The van der Waals surface area contributed by atoms with E-state index < -0.39 is 0 Å². The monoisotopic (exact) mass is 452 g/mol. The zero-order chi connectivity index (χ0) is 22.2. The van der Waals surface area contributed by atoms with Gasteiger partial charge >= 0.3 is 12.0 Å². The molecule has 0 spiro atoms. The Hall–Kier alpha value is -3.90. The number of nitrogens with zero attached hydrogens (tertiary/aromatic N) is 4. The molecule has 2 amide bonds. The van der Waals surface area contributed by atoms with Gasteiger partial charge in [0.2, 0.25) is 6.79 Å². The van der Waals surface area contributed by atoms with Gasteiger partial charge in [0.05, 0.1) is 19.3 Å². The van der Waals surface area contributed by atoms with Crippen LogP contribution in [0.5, 0.6) is 23.3 Å². The Balaban J connectivity index is 1.12. The number of benzene rings is 2. The molecule has 2 aromatic carbocycles. The van der Waals surface area contributed by atoms with E-state index in [2.05, 4.69) is 26.2 Å². The fourth-order valence-corrected chi connectivity index (χ4v) is 4.18. The number of anilines is 1. The van der Waals surface area contributed by atoms with Crippen LogP contribution in [-0.2, 0) is 9.47 Å². The maximum absolute atomic E-state index is 12.4. The lowest BCUT2D eigenvalue weighted by Gasteiger charge is -2.18. The number of hydrogen-bond acceptors (Lipinski definition) is 9. The van der Waals surface area contributed by atoms with Crippen molar-refractivity contribution in [2.75, 3.05) is 25.3 Å². The zero-order valence-corrected chi connectivity index (χ0v) is 17.3. The van der Waals surface area contributed by atoms with E-state index in [0.717, 1.165) is 0 Å². The smallest absolute Gasteiger partial charge is 0.341 e. The Morgan fingerprint density at radius 2 is 1.88 bits per heavy atom. The second-order valence-electron chi connectivity index (χ2n) is 7.76. The second-order valence-corrected chi connectivity index (χ2v) is 7.76. The molecule has 0 saturated carbocycles. The first-order valence-electron chi connectivity index (χ1n) is 10.5. The van der Waals surface area contributed by atoms with Crippen LogP contribution in [0, 0.1) is 0 Å². The van der Waals surface area contributed by atoms with Crippen LogP contribution < -0.4 is 24.8 Å². The Morgan fingerprint density at radius 3 is 2.79 bits per heavy atom. The molecule has 4 heterocycles. The van der Waals surface area contributed by atoms with Crippen molar-refractivity contribution in [3.05, 3.63) is 48.5 Å². The summed E-state index contributed by atoms with van der Waals surface area (Å²) in [6.07, 6.45) is -0.672. The minimum Gasteiger partial charge on any atom is -0.454 e. The first-order chi connectivity index (χ1) is 16.2. The second kappa shape index (κ2) is 8.22. The summed E-state index contributed by atoms with van der Waals surface area (Å²) in [5.41, 5.74) is 0.703. The van der Waals surface area contributed by atoms with Crippen LogP contribution in [0.2, 0.25) is 0 Å². The van der Waals surface area contributed by atoms with E-state index in [1.807, 2.05) is 30.3 Å². The number of aromatic nitrogens is 4. The molecular weight excluding hydrogens is 432 g/mol. The van der Waals surface area contributed by atoms with Crippen molar-refractivity contribution < 1.29 is 28.5 Å². The van der Waals surface area contributed by atoms with Gasteiger partial charge in [-0.3, -0.25) is 0 Å². The van der Waals surface area contributed by atoms with Crippen LogP contribution in [0.3, 0.4) is 0 Å². The highest BCUT2D eigenvalue weighted by Gasteiger charge is 2.50. The number of fused-ring (bicyclic) bond motifs is 2. The number of hydrogen-bond donors (Lipinski definition) is 2. The molecule has 2 fully saturated rings. The molecule has 12 heteroatoms. The molecule has 4 unspecified atom stereocenters. The molecule has 0 radical (unpaired) electrons. The summed E-state index contributed by atoms with van der Waals surface area (Å²) in [5, 5.41) is 17.6. The quantitative estimate of drug-likeness (QED) is 0.594. The Kier molecular flexibility index (Phi) is 4.92. The molecule has 12 nitrogen and oxygen atoms in total. The lowest BCUT2D eigenvalue weighted by atomic mass is 10.1. The van der Waals surface area contributed by atoms with Crippen LogP contribution in [-0.4, -0.2) is 64.5 Å². The summed E-state index contributed by atoms with van der Waals surface area (Å²) in [6.45, 7) is 0.805. The van der Waals surface area contributed by atoms with E-state index in [1.54, 1.807) is 22.9 Å².